The van der Waals surface area contributed by atoms with Crippen molar-refractivity contribution in [3.8, 4) is 0 Å². The van der Waals surface area contributed by atoms with Gasteiger partial charge in [-0.15, -0.1) is 0 Å². The van der Waals surface area contributed by atoms with Gasteiger partial charge in [0.05, 0.1) is 27.3 Å². The van der Waals surface area contributed by atoms with Crippen molar-refractivity contribution in [2.24, 2.45) is 0 Å². The monoisotopic (exact) mass is 397 g/mol. The van der Waals surface area contributed by atoms with Crippen molar-refractivity contribution >= 4 is 29.1 Å². The van der Waals surface area contributed by atoms with E-state index in [9.17, 15) is 24.5 Å². The number of methoxy groups -OCH3 is 1. The zero-order chi connectivity index (χ0) is 21.1. The maximum atomic E-state index is 12.6. The van der Waals surface area contributed by atoms with Crippen molar-refractivity contribution in [3.05, 3.63) is 68.8 Å². The van der Waals surface area contributed by atoms with E-state index in [1.807, 2.05) is 0 Å². The van der Waals surface area contributed by atoms with E-state index < -0.39 is 22.6 Å². The Morgan fingerprint density at radius 3 is 2.59 bits per heavy atom. The molecule has 0 saturated heterocycles. The number of nitrogens with zero attached hydrogens (tertiary/aromatic N) is 2. The Labute approximate surface area is 166 Å². The lowest BCUT2D eigenvalue weighted by Crippen LogP contribution is -2.31. The lowest BCUT2D eigenvalue weighted by Gasteiger charge is -2.12. The number of carbonyl (C=O) groups is 3. The average molecular weight is 397 g/mol. The SMILES string of the molecule is COCCCN1C(=O)c2ccc(C(=O)Nc3cccc([N+](=O)[O-])c3C)cc2C1=O. The normalized spacial score (nSPS) is 12.8. The molecule has 0 bridgehead atoms. The quantitative estimate of drug-likeness (QED) is 0.332. The lowest BCUT2D eigenvalue weighted by atomic mass is 10.0. The number of carbonyl (C=O) groups excluding carboxylic acids is 3. The molecule has 2 aromatic rings. The summed E-state index contributed by atoms with van der Waals surface area (Å²) in [5.41, 5.74) is 1.10. The van der Waals surface area contributed by atoms with E-state index in [2.05, 4.69) is 5.32 Å². The van der Waals surface area contributed by atoms with Gasteiger partial charge in [-0.1, -0.05) is 6.07 Å². The van der Waals surface area contributed by atoms with Crippen LogP contribution in [0.4, 0.5) is 11.4 Å². The third-order valence-corrected chi connectivity index (χ3v) is 4.71. The van der Waals surface area contributed by atoms with E-state index in [0.717, 1.165) is 4.90 Å². The van der Waals surface area contributed by atoms with Crippen molar-refractivity contribution in [1.29, 1.82) is 0 Å². The van der Waals surface area contributed by atoms with Crippen LogP contribution in [-0.2, 0) is 4.74 Å². The minimum atomic E-state index is -0.533. The Bertz CT molecular complexity index is 1020. The third kappa shape index (κ3) is 3.85. The number of nitro groups is 1. The van der Waals surface area contributed by atoms with Gasteiger partial charge in [-0.3, -0.25) is 29.4 Å². The zero-order valence-corrected chi connectivity index (χ0v) is 15.9. The zero-order valence-electron chi connectivity index (χ0n) is 15.9. The number of hydrogen-bond acceptors (Lipinski definition) is 6. The molecular weight excluding hydrogens is 378 g/mol. The van der Waals surface area contributed by atoms with Gasteiger partial charge in [-0.2, -0.15) is 0 Å². The predicted octanol–water partition coefficient (Wildman–Crippen LogP) is 2.79. The highest BCUT2D eigenvalue weighted by Gasteiger charge is 2.35. The van der Waals surface area contributed by atoms with Gasteiger partial charge in [0.25, 0.3) is 23.4 Å². The summed E-state index contributed by atoms with van der Waals surface area (Å²) in [6.07, 6.45) is 0.515. The number of hydrogen-bond donors (Lipinski definition) is 1. The van der Waals surface area contributed by atoms with Crippen LogP contribution in [-0.4, -0.2) is 47.8 Å². The molecule has 1 aliphatic heterocycles. The van der Waals surface area contributed by atoms with Gasteiger partial charge in [-0.25, -0.2) is 0 Å². The minimum absolute atomic E-state index is 0.107. The molecule has 1 aliphatic rings. The third-order valence-electron chi connectivity index (χ3n) is 4.71. The first-order valence-electron chi connectivity index (χ1n) is 8.89. The summed E-state index contributed by atoms with van der Waals surface area (Å²) in [6, 6.07) is 8.64. The van der Waals surface area contributed by atoms with Crippen molar-refractivity contribution in [2.75, 3.05) is 25.6 Å². The number of ether oxygens (including phenoxy) is 1. The Balaban J connectivity index is 1.82. The summed E-state index contributed by atoms with van der Waals surface area (Å²) in [5.74, 6) is -1.39. The van der Waals surface area contributed by atoms with Crippen molar-refractivity contribution in [2.45, 2.75) is 13.3 Å². The number of rotatable bonds is 7. The molecule has 0 unspecified atom stereocenters. The first-order valence-corrected chi connectivity index (χ1v) is 8.89. The number of anilines is 1. The molecule has 0 aromatic heterocycles. The van der Waals surface area contributed by atoms with Crippen LogP contribution in [0, 0.1) is 17.0 Å². The fourth-order valence-electron chi connectivity index (χ4n) is 3.15. The fourth-order valence-corrected chi connectivity index (χ4v) is 3.15. The maximum Gasteiger partial charge on any atom is 0.274 e. The van der Waals surface area contributed by atoms with E-state index in [-0.39, 0.29) is 28.9 Å². The number of amides is 3. The topological polar surface area (TPSA) is 119 Å². The summed E-state index contributed by atoms with van der Waals surface area (Å²) in [5, 5.41) is 13.7. The van der Waals surface area contributed by atoms with Gasteiger partial charge in [-0.05, 0) is 37.6 Å². The second-order valence-corrected chi connectivity index (χ2v) is 6.53. The van der Waals surface area contributed by atoms with Gasteiger partial charge in [0.1, 0.15) is 0 Å². The molecule has 0 radical (unpaired) electrons. The first-order chi connectivity index (χ1) is 13.8. The van der Waals surface area contributed by atoms with Crippen molar-refractivity contribution in [3.63, 3.8) is 0 Å². The van der Waals surface area contributed by atoms with E-state index in [0.29, 0.717) is 24.3 Å². The van der Waals surface area contributed by atoms with Crippen molar-refractivity contribution < 1.29 is 24.0 Å². The van der Waals surface area contributed by atoms with Crippen LogP contribution in [0.25, 0.3) is 0 Å². The molecule has 9 heteroatoms. The predicted molar refractivity (Wildman–Crippen MR) is 104 cm³/mol. The lowest BCUT2D eigenvalue weighted by molar-refractivity contribution is -0.385. The average Bonchev–Trinajstić information content (AvgIpc) is 2.93. The molecule has 0 saturated carbocycles. The van der Waals surface area contributed by atoms with Crippen LogP contribution in [0.2, 0.25) is 0 Å². The number of nitro benzene ring substituents is 1. The molecule has 29 heavy (non-hydrogen) atoms. The highest BCUT2D eigenvalue weighted by molar-refractivity contribution is 6.22. The Morgan fingerprint density at radius 2 is 1.90 bits per heavy atom. The summed E-state index contributed by atoms with van der Waals surface area (Å²) >= 11 is 0. The van der Waals surface area contributed by atoms with Crippen LogP contribution in [0.5, 0.6) is 0 Å². The van der Waals surface area contributed by atoms with E-state index in [1.165, 1.54) is 44.4 Å². The molecule has 0 aliphatic carbocycles. The molecule has 1 heterocycles. The summed E-state index contributed by atoms with van der Waals surface area (Å²) in [7, 11) is 1.54. The van der Waals surface area contributed by atoms with E-state index in [4.69, 9.17) is 4.74 Å². The molecule has 3 rings (SSSR count). The summed E-state index contributed by atoms with van der Waals surface area (Å²) in [6.45, 7) is 2.19. The number of benzene rings is 2. The highest BCUT2D eigenvalue weighted by Crippen LogP contribution is 2.27. The number of imide groups is 1. The molecule has 2 aromatic carbocycles. The smallest absolute Gasteiger partial charge is 0.274 e. The Morgan fingerprint density at radius 1 is 1.17 bits per heavy atom. The molecule has 0 spiro atoms. The standard InChI is InChI=1S/C20H19N3O6/c1-12-16(5-3-6-17(12)23(27)28)21-18(24)13-7-8-14-15(11-13)20(26)22(19(14)25)9-4-10-29-2/h3,5-8,11H,4,9-10H2,1-2H3,(H,21,24). The maximum absolute atomic E-state index is 12.6. The van der Waals surface area contributed by atoms with Gasteiger partial charge >= 0.3 is 0 Å². The van der Waals surface area contributed by atoms with Crippen LogP contribution in [0.3, 0.4) is 0 Å². The molecular formula is C20H19N3O6. The Hall–Kier alpha value is -3.59. The molecule has 150 valence electrons. The molecule has 3 amide bonds. The number of nitrogens with one attached hydrogen (secondary N) is 1. The van der Waals surface area contributed by atoms with E-state index in [1.54, 1.807) is 6.07 Å². The molecule has 1 N–H and O–H groups in total. The second-order valence-electron chi connectivity index (χ2n) is 6.53. The largest absolute Gasteiger partial charge is 0.385 e. The Kier molecular flexibility index (Phi) is 5.69. The van der Waals surface area contributed by atoms with Crippen LogP contribution < -0.4 is 5.32 Å². The highest BCUT2D eigenvalue weighted by atomic mass is 16.6. The van der Waals surface area contributed by atoms with Gasteiger partial charge in [0.15, 0.2) is 0 Å². The second kappa shape index (κ2) is 8.19. The van der Waals surface area contributed by atoms with E-state index >= 15 is 0 Å². The van der Waals surface area contributed by atoms with Gasteiger partial charge < -0.3 is 10.1 Å². The molecule has 0 atom stereocenters. The molecule has 0 fully saturated rings. The number of fused-ring (bicyclic) bond motifs is 1. The van der Waals surface area contributed by atoms with Gasteiger partial charge in [0, 0.05) is 31.9 Å². The fraction of sp³-hybridized carbons (Fsp3) is 0.250. The van der Waals surface area contributed by atoms with Gasteiger partial charge in [0.2, 0.25) is 0 Å². The van der Waals surface area contributed by atoms with Crippen LogP contribution in [0.15, 0.2) is 36.4 Å². The van der Waals surface area contributed by atoms with Crippen molar-refractivity contribution in [1.82, 2.24) is 4.90 Å². The minimum Gasteiger partial charge on any atom is -0.385 e. The summed E-state index contributed by atoms with van der Waals surface area (Å²) < 4.78 is 4.94. The molecule has 9 nitrogen and oxygen atoms in total. The first kappa shape index (κ1) is 20.2. The summed E-state index contributed by atoms with van der Waals surface area (Å²) in [4.78, 5) is 49.3. The van der Waals surface area contributed by atoms with Crippen LogP contribution in [0.1, 0.15) is 43.1 Å². The van der Waals surface area contributed by atoms with Crippen LogP contribution >= 0.6 is 0 Å².